The molecular weight excluding hydrogens is 224 g/mol. The van der Waals surface area contributed by atoms with Crippen molar-refractivity contribution in [3.63, 3.8) is 0 Å². The minimum atomic E-state index is 0.714. The van der Waals surface area contributed by atoms with Crippen molar-refractivity contribution in [1.82, 2.24) is 4.90 Å². The SMILES string of the molecule is COc1ccc2c(c1)CC[C@H]1CN(CCN)C[C@@H]21. The molecule has 2 N–H and O–H groups in total. The highest BCUT2D eigenvalue weighted by Crippen LogP contribution is 2.42. The van der Waals surface area contributed by atoms with Crippen molar-refractivity contribution in [2.75, 3.05) is 33.3 Å². The maximum atomic E-state index is 5.67. The standard InChI is InChI=1S/C15H22N2O/c1-18-13-4-5-14-11(8-13)2-3-12-9-17(7-6-16)10-15(12)14/h4-5,8,12,15H,2-3,6-7,9-10,16H2,1H3/t12-,15+/m0/s1. The van der Waals surface area contributed by atoms with Crippen LogP contribution in [0.2, 0.25) is 0 Å². The van der Waals surface area contributed by atoms with Crippen LogP contribution in [-0.4, -0.2) is 38.2 Å². The van der Waals surface area contributed by atoms with Crippen LogP contribution in [0, 0.1) is 5.92 Å². The molecule has 1 saturated heterocycles. The summed E-state index contributed by atoms with van der Waals surface area (Å²) in [6.07, 6.45) is 2.51. The summed E-state index contributed by atoms with van der Waals surface area (Å²) in [5.41, 5.74) is 8.71. The summed E-state index contributed by atoms with van der Waals surface area (Å²) in [5.74, 6) is 2.53. The zero-order valence-corrected chi connectivity index (χ0v) is 11.1. The number of rotatable bonds is 3. The number of likely N-dealkylation sites (tertiary alicyclic amines) is 1. The third-order valence-corrected chi connectivity index (χ3v) is 4.50. The van der Waals surface area contributed by atoms with Gasteiger partial charge in [0.05, 0.1) is 7.11 Å². The maximum Gasteiger partial charge on any atom is 0.119 e. The van der Waals surface area contributed by atoms with Crippen molar-refractivity contribution in [1.29, 1.82) is 0 Å². The highest BCUT2D eigenvalue weighted by atomic mass is 16.5. The van der Waals surface area contributed by atoms with Gasteiger partial charge in [-0.1, -0.05) is 6.07 Å². The topological polar surface area (TPSA) is 38.5 Å². The van der Waals surface area contributed by atoms with Gasteiger partial charge < -0.3 is 15.4 Å². The first kappa shape index (κ1) is 12.0. The van der Waals surface area contributed by atoms with Crippen LogP contribution in [0.15, 0.2) is 18.2 Å². The Labute approximate surface area is 109 Å². The van der Waals surface area contributed by atoms with Gasteiger partial charge in [0.2, 0.25) is 0 Å². The average molecular weight is 246 g/mol. The van der Waals surface area contributed by atoms with Crippen molar-refractivity contribution in [3.8, 4) is 5.75 Å². The molecule has 0 saturated carbocycles. The minimum Gasteiger partial charge on any atom is -0.497 e. The van der Waals surface area contributed by atoms with Crippen LogP contribution in [0.25, 0.3) is 0 Å². The molecule has 2 aliphatic rings. The highest BCUT2D eigenvalue weighted by Gasteiger charge is 2.36. The Bertz CT molecular complexity index is 433. The molecule has 1 aliphatic heterocycles. The zero-order valence-electron chi connectivity index (χ0n) is 11.1. The summed E-state index contributed by atoms with van der Waals surface area (Å²) in [7, 11) is 1.74. The van der Waals surface area contributed by atoms with Gasteiger partial charge in [0.1, 0.15) is 5.75 Å². The van der Waals surface area contributed by atoms with E-state index in [1.807, 2.05) is 0 Å². The number of nitrogens with zero attached hydrogens (tertiary/aromatic N) is 1. The number of benzene rings is 1. The lowest BCUT2D eigenvalue weighted by Gasteiger charge is -2.27. The van der Waals surface area contributed by atoms with Crippen LogP contribution < -0.4 is 10.5 Å². The zero-order chi connectivity index (χ0) is 12.5. The van der Waals surface area contributed by atoms with E-state index < -0.39 is 0 Å². The van der Waals surface area contributed by atoms with Gasteiger partial charge >= 0.3 is 0 Å². The fourth-order valence-electron chi connectivity index (χ4n) is 3.60. The Balaban J connectivity index is 1.84. The van der Waals surface area contributed by atoms with Gasteiger partial charge in [0.15, 0.2) is 0 Å². The average Bonchev–Trinajstić information content (AvgIpc) is 2.81. The molecular formula is C15H22N2O. The molecule has 0 aromatic heterocycles. The van der Waals surface area contributed by atoms with Crippen molar-refractivity contribution in [3.05, 3.63) is 29.3 Å². The molecule has 0 bridgehead atoms. The molecule has 3 rings (SSSR count). The molecule has 1 heterocycles. The van der Waals surface area contributed by atoms with Gasteiger partial charge in [0, 0.05) is 32.1 Å². The Hall–Kier alpha value is -1.06. The Morgan fingerprint density at radius 3 is 3.06 bits per heavy atom. The number of hydrogen-bond acceptors (Lipinski definition) is 3. The van der Waals surface area contributed by atoms with Crippen LogP contribution in [0.4, 0.5) is 0 Å². The molecule has 0 spiro atoms. The minimum absolute atomic E-state index is 0.714. The molecule has 1 aliphatic carbocycles. The van der Waals surface area contributed by atoms with Crippen molar-refractivity contribution < 1.29 is 4.74 Å². The molecule has 1 fully saturated rings. The van der Waals surface area contributed by atoms with Gasteiger partial charge in [-0.15, -0.1) is 0 Å². The molecule has 98 valence electrons. The number of methoxy groups -OCH3 is 1. The van der Waals surface area contributed by atoms with E-state index >= 15 is 0 Å². The number of nitrogens with two attached hydrogens (primary N) is 1. The van der Waals surface area contributed by atoms with E-state index in [9.17, 15) is 0 Å². The van der Waals surface area contributed by atoms with E-state index in [0.29, 0.717) is 5.92 Å². The normalized spacial score (nSPS) is 26.8. The maximum absolute atomic E-state index is 5.67. The van der Waals surface area contributed by atoms with Crippen molar-refractivity contribution >= 4 is 0 Å². The van der Waals surface area contributed by atoms with E-state index in [1.165, 1.54) is 31.5 Å². The lowest BCUT2D eigenvalue weighted by Crippen LogP contribution is -2.27. The summed E-state index contributed by atoms with van der Waals surface area (Å²) in [6.45, 7) is 4.22. The third kappa shape index (κ3) is 2.02. The molecule has 3 nitrogen and oxygen atoms in total. The second kappa shape index (κ2) is 4.90. The molecule has 0 unspecified atom stereocenters. The lowest BCUT2D eigenvalue weighted by molar-refractivity contribution is 0.330. The molecule has 1 aromatic rings. The number of ether oxygens (including phenoxy) is 1. The second-order valence-electron chi connectivity index (χ2n) is 5.52. The summed E-state index contributed by atoms with van der Waals surface area (Å²) < 4.78 is 5.32. The summed E-state index contributed by atoms with van der Waals surface area (Å²) >= 11 is 0. The van der Waals surface area contributed by atoms with E-state index in [-0.39, 0.29) is 0 Å². The van der Waals surface area contributed by atoms with Crippen molar-refractivity contribution in [2.24, 2.45) is 11.7 Å². The predicted octanol–water partition coefficient (Wildman–Crippen LogP) is 1.62. The van der Waals surface area contributed by atoms with Crippen LogP contribution in [0.5, 0.6) is 5.75 Å². The van der Waals surface area contributed by atoms with Gasteiger partial charge in [-0.3, -0.25) is 0 Å². The highest BCUT2D eigenvalue weighted by molar-refractivity contribution is 5.40. The fourth-order valence-corrected chi connectivity index (χ4v) is 3.60. The van der Waals surface area contributed by atoms with Crippen LogP contribution in [0.3, 0.4) is 0 Å². The second-order valence-corrected chi connectivity index (χ2v) is 5.52. The van der Waals surface area contributed by atoms with Gasteiger partial charge in [-0.2, -0.15) is 0 Å². The lowest BCUT2D eigenvalue weighted by atomic mass is 9.77. The van der Waals surface area contributed by atoms with Gasteiger partial charge in [0.25, 0.3) is 0 Å². The molecule has 1 aromatic carbocycles. The largest absolute Gasteiger partial charge is 0.497 e. The molecule has 18 heavy (non-hydrogen) atoms. The first-order valence-electron chi connectivity index (χ1n) is 6.91. The van der Waals surface area contributed by atoms with E-state index in [4.69, 9.17) is 10.5 Å². The first-order chi connectivity index (χ1) is 8.81. The van der Waals surface area contributed by atoms with E-state index in [2.05, 4.69) is 23.1 Å². The Morgan fingerprint density at radius 2 is 2.28 bits per heavy atom. The molecule has 0 radical (unpaired) electrons. The molecule has 0 amide bonds. The Kier molecular flexibility index (Phi) is 3.27. The van der Waals surface area contributed by atoms with Gasteiger partial charge in [-0.05, 0) is 42.0 Å². The number of aryl methyl sites for hydroxylation is 1. The van der Waals surface area contributed by atoms with Crippen LogP contribution in [-0.2, 0) is 6.42 Å². The van der Waals surface area contributed by atoms with Crippen LogP contribution in [0.1, 0.15) is 23.5 Å². The van der Waals surface area contributed by atoms with Crippen LogP contribution >= 0.6 is 0 Å². The smallest absolute Gasteiger partial charge is 0.119 e. The molecule has 3 heteroatoms. The first-order valence-corrected chi connectivity index (χ1v) is 6.91. The quantitative estimate of drug-likeness (QED) is 0.880. The summed E-state index contributed by atoms with van der Waals surface area (Å²) in [6, 6.07) is 6.60. The van der Waals surface area contributed by atoms with Gasteiger partial charge in [-0.25, -0.2) is 0 Å². The fraction of sp³-hybridized carbons (Fsp3) is 0.600. The van der Waals surface area contributed by atoms with E-state index in [0.717, 1.165) is 24.8 Å². The van der Waals surface area contributed by atoms with Crippen molar-refractivity contribution in [2.45, 2.75) is 18.8 Å². The molecule has 2 atom stereocenters. The third-order valence-electron chi connectivity index (χ3n) is 4.50. The number of fused-ring (bicyclic) bond motifs is 3. The summed E-state index contributed by atoms with van der Waals surface area (Å²) in [4.78, 5) is 2.52. The predicted molar refractivity (Wildman–Crippen MR) is 73.0 cm³/mol. The Morgan fingerprint density at radius 1 is 1.39 bits per heavy atom. The monoisotopic (exact) mass is 246 g/mol. The van der Waals surface area contributed by atoms with E-state index in [1.54, 1.807) is 12.7 Å². The summed E-state index contributed by atoms with van der Waals surface area (Å²) in [5, 5.41) is 0. The number of hydrogen-bond donors (Lipinski definition) is 1.